The number of methoxy groups -OCH3 is 2. The maximum Gasteiger partial charge on any atom is 0.363 e. The lowest BCUT2D eigenvalue weighted by Gasteiger charge is -2.40. The summed E-state index contributed by atoms with van der Waals surface area (Å²) in [5.41, 5.74) is 4.26. The second-order valence-electron chi connectivity index (χ2n) is 10.3. The van der Waals surface area contributed by atoms with Crippen molar-refractivity contribution in [3.8, 4) is 11.5 Å². The van der Waals surface area contributed by atoms with E-state index < -0.39 is 34.0 Å². The second kappa shape index (κ2) is 11.2. The first kappa shape index (κ1) is 28.6. The van der Waals surface area contributed by atoms with Crippen molar-refractivity contribution in [2.45, 2.75) is 46.3 Å². The monoisotopic (exact) mass is 533 g/mol. The number of halogens is 1. The fraction of sp³-hybridized carbons (Fsp3) is 0.444. The highest BCUT2D eigenvalue weighted by molar-refractivity contribution is 6.30. The van der Waals surface area contributed by atoms with Crippen LogP contribution >= 0.6 is 11.6 Å². The van der Waals surface area contributed by atoms with Gasteiger partial charge in [-0.05, 0) is 25.1 Å². The van der Waals surface area contributed by atoms with Gasteiger partial charge in [-0.1, -0.05) is 44.5 Å². The van der Waals surface area contributed by atoms with Gasteiger partial charge >= 0.3 is 11.9 Å². The van der Waals surface area contributed by atoms with Gasteiger partial charge in [-0.3, -0.25) is 9.59 Å². The van der Waals surface area contributed by atoms with E-state index in [-0.39, 0.29) is 25.4 Å². The highest BCUT2D eigenvalue weighted by Gasteiger charge is 2.51. The van der Waals surface area contributed by atoms with Crippen LogP contribution in [0.5, 0.6) is 11.5 Å². The number of amides is 1. The van der Waals surface area contributed by atoms with Gasteiger partial charge < -0.3 is 19.3 Å². The lowest BCUT2D eigenvalue weighted by atomic mass is 9.93. The molecular formula is C27H34ClN2O7+. The number of aliphatic carboxylic acids is 1. The number of carboxylic acid groups (broad SMARTS) is 1. The summed E-state index contributed by atoms with van der Waals surface area (Å²) < 4.78 is 16.8. The third-order valence-electron chi connectivity index (χ3n) is 6.08. The predicted octanol–water partition coefficient (Wildman–Crippen LogP) is 4.29. The zero-order valence-electron chi connectivity index (χ0n) is 22.0. The van der Waals surface area contributed by atoms with Gasteiger partial charge in [0.15, 0.2) is 29.8 Å². The van der Waals surface area contributed by atoms with Crippen LogP contribution in [-0.4, -0.2) is 56.2 Å². The molecule has 2 aromatic rings. The second-order valence-corrected chi connectivity index (χ2v) is 10.8. The minimum absolute atomic E-state index is 0.188. The van der Waals surface area contributed by atoms with E-state index in [0.29, 0.717) is 33.3 Å². The lowest BCUT2D eigenvalue weighted by Crippen LogP contribution is -2.70. The molecule has 1 aliphatic heterocycles. The van der Waals surface area contributed by atoms with E-state index in [4.69, 9.17) is 25.8 Å². The van der Waals surface area contributed by atoms with Crippen LogP contribution in [0.3, 0.4) is 0 Å². The Balaban J connectivity index is 2.32. The molecule has 200 valence electrons. The molecule has 3 rings (SSSR count). The number of ketones is 1. The average Bonchev–Trinajstić information content (AvgIpc) is 2.91. The van der Waals surface area contributed by atoms with Crippen LogP contribution in [-0.2, 0) is 19.1 Å². The first-order chi connectivity index (χ1) is 17.3. The van der Waals surface area contributed by atoms with Crippen molar-refractivity contribution in [2.24, 2.45) is 5.41 Å². The number of quaternary nitrogens is 1. The molecule has 0 bridgehead atoms. The Hall–Kier alpha value is -2.98. The summed E-state index contributed by atoms with van der Waals surface area (Å²) in [5.74, 6) is -1.03. The molecule has 0 saturated carbocycles. The fourth-order valence-corrected chi connectivity index (χ4v) is 4.94. The third kappa shape index (κ3) is 6.13. The molecule has 1 heterocycles. The van der Waals surface area contributed by atoms with Gasteiger partial charge in [0.1, 0.15) is 18.4 Å². The van der Waals surface area contributed by atoms with Crippen molar-refractivity contribution in [2.75, 3.05) is 27.4 Å². The molecule has 0 radical (unpaired) electrons. The van der Waals surface area contributed by atoms with Crippen LogP contribution in [0.25, 0.3) is 0 Å². The van der Waals surface area contributed by atoms with Gasteiger partial charge in [0.2, 0.25) is 0 Å². The number of carbonyl (C=O) groups excluding carboxylic acids is 2. The molecule has 1 unspecified atom stereocenters. The maximum absolute atomic E-state index is 14.0. The zero-order chi connectivity index (χ0) is 27.5. The Morgan fingerprint density at radius 2 is 1.89 bits per heavy atom. The smallest absolute Gasteiger partial charge is 0.363 e. The Kier molecular flexibility index (Phi) is 8.64. The SMILES string of the molecule is COc1cccc([C@@H]2OCC(=O)[N+](CC(C)(C)C)(N[C@@H](CC(C)=O)C(=O)O)c3ccc(Cl)cc32)c1OC. The number of hydrogen-bond acceptors (Lipinski definition) is 7. The number of nitrogens with one attached hydrogen (secondary N) is 1. The van der Waals surface area contributed by atoms with Crippen molar-refractivity contribution < 1.29 is 33.7 Å². The van der Waals surface area contributed by atoms with Gasteiger partial charge in [-0.15, -0.1) is 10.0 Å². The molecular weight excluding hydrogens is 500 g/mol. The topological polar surface area (TPSA) is 111 Å². The Morgan fingerprint density at radius 1 is 1.19 bits per heavy atom. The van der Waals surface area contributed by atoms with Gasteiger partial charge in [0, 0.05) is 28.5 Å². The van der Waals surface area contributed by atoms with Crippen molar-refractivity contribution >= 4 is 34.9 Å². The molecule has 0 aliphatic carbocycles. The molecule has 9 nitrogen and oxygen atoms in total. The number of fused-ring (bicyclic) bond motifs is 1. The highest BCUT2D eigenvalue weighted by atomic mass is 35.5. The minimum atomic E-state index is -1.31. The molecule has 2 aromatic carbocycles. The summed E-state index contributed by atoms with van der Waals surface area (Å²) in [7, 11) is 3.04. The van der Waals surface area contributed by atoms with Gasteiger partial charge in [0.05, 0.1) is 19.8 Å². The molecule has 2 N–H and O–H groups in total. The largest absolute Gasteiger partial charge is 0.493 e. The van der Waals surface area contributed by atoms with E-state index in [9.17, 15) is 19.5 Å². The van der Waals surface area contributed by atoms with Gasteiger partial charge in [-0.2, -0.15) is 0 Å². The number of hydrogen-bond donors (Lipinski definition) is 2. The zero-order valence-corrected chi connectivity index (χ0v) is 22.7. The van der Waals surface area contributed by atoms with Gasteiger partial charge in [-0.25, -0.2) is 4.79 Å². The van der Waals surface area contributed by atoms with E-state index in [1.807, 2.05) is 26.8 Å². The number of Topliss-reactive ketones (excluding diaryl/α,β-unsaturated/α-hetero) is 1. The molecule has 0 fully saturated rings. The summed E-state index contributed by atoms with van der Waals surface area (Å²) in [6, 6.07) is 9.11. The lowest BCUT2D eigenvalue weighted by molar-refractivity contribution is -0.148. The van der Waals surface area contributed by atoms with Crippen molar-refractivity contribution in [3.05, 3.63) is 52.5 Å². The van der Waals surface area contributed by atoms with E-state index in [1.54, 1.807) is 30.3 Å². The van der Waals surface area contributed by atoms with Crippen LogP contribution in [0.4, 0.5) is 5.69 Å². The Labute approximate surface area is 221 Å². The van der Waals surface area contributed by atoms with E-state index >= 15 is 0 Å². The number of benzene rings is 2. The fourth-order valence-electron chi connectivity index (χ4n) is 4.76. The first-order valence-electron chi connectivity index (χ1n) is 11.9. The van der Waals surface area contributed by atoms with Crippen LogP contribution in [0.15, 0.2) is 36.4 Å². The molecule has 37 heavy (non-hydrogen) atoms. The standard InChI is InChI=1S/C27H33ClN2O7/c1-16(31)12-20(26(33)34)29-30(15-27(2,3)4)21-11-10-17(28)13-19(21)24(37-14-23(30)32)18-8-7-9-22(35-5)25(18)36-6/h7-11,13,20,24,29H,12,14-15H2,1-6H3/p+1/t20-,24-,30?/m0/s1. The maximum atomic E-state index is 14.0. The number of nitrogens with zero attached hydrogens (tertiary/aromatic N) is 1. The van der Waals surface area contributed by atoms with Crippen LogP contribution < -0.4 is 19.5 Å². The first-order valence-corrected chi connectivity index (χ1v) is 12.2. The number of carbonyl (C=O) groups is 3. The summed E-state index contributed by atoms with van der Waals surface area (Å²) in [6.45, 7) is 7.02. The summed E-state index contributed by atoms with van der Waals surface area (Å²) in [4.78, 5) is 38.1. The quantitative estimate of drug-likeness (QED) is 0.459. The molecule has 1 amide bonds. The summed E-state index contributed by atoms with van der Waals surface area (Å²) >= 11 is 6.44. The molecule has 1 aliphatic rings. The number of rotatable bonds is 9. The summed E-state index contributed by atoms with van der Waals surface area (Å²) in [5, 5.41) is 10.4. The molecule has 0 spiro atoms. The highest BCUT2D eigenvalue weighted by Crippen LogP contribution is 2.46. The molecule has 0 saturated heterocycles. The van der Waals surface area contributed by atoms with Crippen LogP contribution in [0.1, 0.15) is 51.3 Å². The number of para-hydroxylation sites is 1. The van der Waals surface area contributed by atoms with Crippen LogP contribution in [0.2, 0.25) is 5.02 Å². The van der Waals surface area contributed by atoms with Crippen LogP contribution in [0, 0.1) is 5.41 Å². The molecule has 10 heteroatoms. The molecule has 3 atom stereocenters. The van der Waals surface area contributed by atoms with Crippen molar-refractivity contribution in [3.63, 3.8) is 0 Å². The minimum Gasteiger partial charge on any atom is -0.493 e. The van der Waals surface area contributed by atoms with E-state index in [2.05, 4.69) is 5.43 Å². The van der Waals surface area contributed by atoms with E-state index in [0.717, 1.165) is 0 Å². The molecule has 0 aromatic heterocycles. The van der Waals surface area contributed by atoms with E-state index in [1.165, 1.54) is 21.1 Å². The average molecular weight is 534 g/mol. The Bertz CT molecular complexity index is 1190. The van der Waals surface area contributed by atoms with Crippen molar-refractivity contribution in [1.82, 2.24) is 10.0 Å². The van der Waals surface area contributed by atoms with Crippen molar-refractivity contribution in [1.29, 1.82) is 0 Å². The number of carboxylic acids is 1. The summed E-state index contributed by atoms with van der Waals surface area (Å²) in [6.07, 6.45) is -1.07. The Morgan fingerprint density at radius 3 is 2.46 bits per heavy atom. The van der Waals surface area contributed by atoms with Gasteiger partial charge in [0.25, 0.3) is 0 Å². The third-order valence-corrected chi connectivity index (χ3v) is 6.31. The predicted molar refractivity (Wildman–Crippen MR) is 140 cm³/mol. The normalized spacial score (nSPS) is 20.5. The number of ether oxygens (including phenoxy) is 3.